The lowest BCUT2D eigenvalue weighted by Crippen LogP contribution is -2.14. The van der Waals surface area contributed by atoms with E-state index in [1.165, 1.54) is 4.68 Å². The normalized spacial score (nSPS) is 15.0. The number of nitrogens with two attached hydrogens (primary N) is 2. The van der Waals surface area contributed by atoms with Crippen LogP contribution in [0.15, 0.2) is 22.7 Å². The van der Waals surface area contributed by atoms with Crippen molar-refractivity contribution in [1.82, 2.24) is 9.66 Å². The number of aromatic nitrogens is 2. The van der Waals surface area contributed by atoms with Crippen molar-refractivity contribution < 1.29 is 0 Å². The maximum atomic E-state index is 6.03. The third-order valence-electron chi connectivity index (χ3n) is 3.10. The van der Waals surface area contributed by atoms with Crippen LogP contribution >= 0.6 is 27.5 Å². The summed E-state index contributed by atoms with van der Waals surface area (Å²) in [5.74, 6) is 7.76. The molecule has 0 aliphatic heterocycles. The summed E-state index contributed by atoms with van der Waals surface area (Å²) < 4.78 is 2.36. The largest absolute Gasteiger partial charge is 0.382 e. The van der Waals surface area contributed by atoms with Gasteiger partial charge in [0.25, 0.3) is 0 Å². The van der Waals surface area contributed by atoms with E-state index in [2.05, 4.69) is 20.9 Å². The Labute approximate surface area is 118 Å². The minimum atomic E-state index is 0.456. The first-order chi connectivity index (χ1) is 8.58. The van der Waals surface area contributed by atoms with Crippen molar-refractivity contribution >= 4 is 33.3 Å². The van der Waals surface area contributed by atoms with Gasteiger partial charge in [-0.2, -0.15) is 0 Å². The smallest absolute Gasteiger partial charge is 0.150 e. The van der Waals surface area contributed by atoms with Crippen molar-refractivity contribution in [3.8, 4) is 11.3 Å². The van der Waals surface area contributed by atoms with Crippen molar-refractivity contribution in [3.05, 3.63) is 33.5 Å². The number of hydrogen-bond acceptors (Lipinski definition) is 3. The van der Waals surface area contributed by atoms with Crippen LogP contribution in [0.25, 0.3) is 11.3 Å². The maximum Gasteiger partial charge on any atom is 0.150 e. The zero-order chi connectivity index (χ0) is 12.9. The molecule has 1 heterocycles. The maximum absolute atomic E-state index is 6.03. The first-order valence-electron chi connectivity index (χ1n) is 5.66. The molecule has 4 N–H and O–H groups in total. The molecule has 1 aliphatic rings. The van der Waals surface area contributed by atoms with E-state index in [4.69, 9.17) is 23.2 Å². The number of rotatable bonds is 2. The molecule has 4 nitrogen and oxygen atoms in total. The molecule has 0 bridgehead atoms. The number of anilines is 1. The van der Waals surface area contributed by atoms with Crippen LogP contribution in [0, 0.1) is 0 Å². The number of nitrogen functional groups attached to an aromatic ring is 2. The average molecular weight is 328 g/mol. The van der Waals surface area contributed by atoms with E-state index >= 15 is 0 Å². The van der Waals surface area contributed by atoms with Crippen LogP contribution in [0.5, 0.6) is 0 Å². The van der Waals surface area contributed by atoms with Gasteiger partial charge in [-0.25, -0.2) is 9.66 Å². The predicted molar refractivity (Wildman–Crippen MR) is 76.9 cm³/mol. The first-order valence-corrected chi connectivity index (χ1v) is 6.83. The Balaban J connectivity index is 2.13. The van der Waals surface area contributed by atoms with Gasteiger partial charge < -0.3 is 11.6 Å². The van der Waals surface area contributed by atoms with Gasteiger partial charge in [-0.3, -0.25) is 0 Å². The Kier molecular flexibility index (Phi) is 2.75. The van der Waals surface area contributed by atoms with E-state index in [0.29, 0.717) is 22.5 Å². The van der Waals surface area contributed by atoms with Crippen LogP contribution < -0.4 is 11.6 Å². The Morgan fingerprint density at radius 1 is 1.39 bits per heavy atom. The van der Waals surface area contributed by atoms with Crippen molar-refractivity contribution in [2.24, 2.45) is 0 Å². The van der Waals surface area contributed by atoms with Gasteiger partial charge in [0.2, 0.25) is 0 Å². The molecule has 1 saturated carbocycles. The fourth-order valence-electron chi connectivity index (χ4n) is 1.97. The third-order valence-corrected chi connectivity index (χ3v) is 4.00. The fourth-order valence-corrected chi connectivity index (χ4v) is 2.84. The van der Waals surface area contributed by atoms with Crippen molar-refractivity contribution in [1.29, 1.82) is 0 Å². The minimum Gasteiger partial charge on any atom is -0.382 e. The lowest BCUT2D eigenvalue weighted by molar-refractivity contribution is 0.855. The quantitative estimate of drug-likeness (QED) is 0.833. The predicted octanol–water partition coefficient (Wildman–Crippen LogP) is 3.14. The lowest BCUT2D eigenvalue weighted by atomic mass is 10.1. The molecule has 94 valence electrons. The Morgan fingerprint density at radius 2 is 2.11 bits per heavy atom. The number of imidazole rings is 1. The van der Waals surface area contributed by atoms with Crippen molar-refractivity contribution in [3.63, 3.8) is 0 Å². The highest BCUT2D eigenvalue weighted by Gasteiger charge is 2.30. The van der Waals surface area contributed by atoms with E-state index in [1.807, 2.05) is 18.2 Å². The zero-order valence-corrected chi connectivity index (χ0v) is 11.9. The van der Waals surface area contributed by atoms with Crippen molar-refractivity contribution in [2.45, 2.75) is 18.8 Å². The van der Waals surface area contributed by atoms with Crippen LogP contribution in [0.1, 0.15) is 24.6 Å². The van der Waals surface area contributed by atoms with Gasteiger partial charge in [0.05, 0.1) is 0 Å². The summed E-state index contributed by atoms with van der Waals surface area (Å²) in [7, 11) is 0. The van der Waals surface area contributed by atoms with Gasteiger partial charge in [-0.15, -0.1) is 0 Å². The summed E-state index contributed by atoms with van der Waals surface area (Å²) in [5, 5.41) is 0.666. The van der Waals surface area contributed by atoms with Gasteiger partial charge in [0.1, 0.15) is 11.5 Å². The number of nitrogens with zero attached hydrogens (tertiary/aromatic N) is 2. The molecule has 3 rings (SSSR count). The lowest BCUT2D eigenvalue weighted by Gasteiger charge is -2.03. The Bertz CT molecular complexity index is 619. The number of halogens is 2. The molecule has 0 radical (unpaired) electrons. The highest BCUT2D eigenvalue weighted by molar-refractivity contribution is 9.10. The van der Waals surface area contributed by atoms with E-state index in [1.54, 1.807) is 0 Å². The molecule has 1 fully saturated rings. The van der Waals surface area contributed by atoms with E-state index < -0.39 is 0 Å². The summed E-state index contributed by atoms with van der Waals surface area (Å²) in [6.45, 7) is 0. The Morgan fingerprint density at radius 3 is 2.72 bits per heavy atom. The summed E-state index contributed by atoms with van der Waals surface area (Å²) in [4.78, 5) is 4.57. The molecule has 0 atom stereocenters. The molecule has 6 heteroatoms. The van der Waals surface area contributed by atoms with Gasteiger partial charge >= 0.3 is 0 Å². The molecule has 1 aromatic heterocycles. The summed E-state index contributed by atoms with van der Waals surface area (Å²) in [6.07, 6.45) is 2.27. The summed E-state index contributed by atoms with van der Waals surface area (Å²) in [6, 6.07) is 5.53. The van der Waals surface area contributed by atoms with Gasteiger partial charge in [0, 0.05) is 21.0 Å². The first kappa shape index (κ1) is 11.9. The monoisotopic (exact) mass is 326 g/mol. The standard InChI is InChI=1S/C12H12BrClN4/c13-9-5-7(14)3-4-8(9)10-11(15)18(16)12(17-10)6-1-2-6/h3-6H,1-2,15-16H2. The van der Waals surface area contributed by atoms with Crippen LogP contribution in [0.4, 0.5) is 5.82 Å². The highest BCUT2D eigenvalue weighted by atomic mass is 79.9. The molecular formula is C12H12BrClN4. The summed E-state index contributed by atoms with van der Waals surface area (Å²) in [5.41, 5.74) is 7.65. The molecule has 0 unspecified atom stereocenters. The number of benzene rings is 1. The second-order valence-electron chi connectivity index (χ2n) is 4.47. The molecule has 18 heavy (non-hydrogen) atoms. The third kappa shape index (κ3) is 1.87. The van der Waals surface area contributed by atoms with Gasteiger partial charge in [-0.1, -0.05) is 33.6 Å². The average Bonchev–Trinajstić information content (AvgIpc) is 3.11. The minimum absolute atomic E-state index is 0.456. The second-order valence-corrected chi connectivity index (χ2v) is 5.76. The van der Waals surface area contributed by atoms with E-state index in [0.717, 1.165) is 28.7 Å². The molecule has 2 aromatic rings. The molecule has 0 amide bonds. The van der Waals surface area contributed by atoms with Crippen LogP contribution in [0.3, 0.4) is 0 Å². The van der Waals surface area contributed by atoms with Crippen LogP contribution in [-0.4, -0.2) is 9.66 Å². The Hall–Kier alpha value is -1.20. The van der Waals surface area contributed by atoms with Gasteiger partial charge in [0.15, 0.2) is 5.82 Å². The summed E-state index contributed by atoms with van der Waals surface area (Å²) >= 11 is 9.40. The second kappa shape index (κ2) is 4.17. The highest BCUT2D eigenvalue weighted by Crippen LogP contribution is 2.42. The van der Waals surface area contributed by atoms with Crippen LogP contribution in [-0.2, 0) is 0 Å². The number of hydrogen-bond donors (Lipinski definition) is 2. The topological polar surface area (TPSA) is 69.9 Å². The van der Waals surface area contributed by atoms with Gasteiger partial charge in [-0.05, 0) is 25.0 Å². The molecule has 1 aromatic carbocycles. The van der Waals surface area contributed by atoms with E-state index in [-0.39, 0.29) is 0 Å². The fraction of sp³-hybridized carbons (Fsp3) is 0.250. The molecule has 1 aliphatic carbocycles. The molecule has 0 saturated heterocycles. The molecule has 0 spiro atoms. The zero-order valence-electron chi connectivity index (χ0n) is 9.53. The van der Waals surface area contributed by atoms with Crippen LogP contribution in [0.2, 0.25) is 5.02 Å². The van der Waals surface area contributed by atoms with E-state index in [9.17, 15) is 0 Å². The SMILES string of the molecule is Nc1c(-c2ccc(Cl)cc2Br)nc(C2CC2)n1N. The van der Waals surface area contributed by atoms with Crippen molar-refractivity contribution in [2.75, 3.05) is 11.6 Å². The molecular weight excluding hydrogens is 316 g/mol.